The van der Waals surface area contributed by atoms with Crippen LogP contribution in [0.5, 0.6) is 5.75 Å². The average molecular weight is 279 g/mol. The van der Waals surface area contributed by atoms with Crippen molar-refractivity contribution in [1.82, 2.24) is 10.3 Å². The maximum atomic E-state index is 11.6. The molecule has 1 aromatic rings. The van der Waals surface area contributed by atoms with E-state index >= 15 is 0 Å². The van der Waals surface area contributed by atoms with E-state index < -0.39 is 0 Å². The Kier molecular flexibility index (Phi) is 5.34. The highest BCUT2D eigenvalue weighted by molar-refractivity contribution is 5.96. The molecule has 1 heterocycles. The molecule has 0 saturated carbocycles. The van der Waals surface area contributed by atoms with Crippen LogP contribution in [-0.2, 0) is 0 Å². The van der Waals surface area contributed by atoms with Gasteiger partial charge in [-0.05, 0) is 31.5 Å². The van der Waals surface area contributed by atoms with Gasteiger partial charge in [0.25, 0.3) is 5.91 Å². The van der Waals surface area contributed by atoms with Crippen molar-refractivity contribution in [2.24, 2.45) is 5.84 Å². The highest BCUT2D eigenvalue weighted by atomic mass is 16.5. The molecule has 6 heteroatoms. The van der Waals surface area contributed by atoms with Gasteiger partial charge >= 0.3 is 0 Å². The normalized spacial score (nSPS) is 19.0. The number of hydrogen-bond acceptors (Lipinski definition) is 5. The number of hydrazine groups is 1. The Balaban J connectivity index is 1.89. The highest BCUT2D eigenvalue weighted by Crippen LogP contribution is 2.19. The topological polar surface area (TPSA) is 87.8 Å². The Morgan fingerprint density at radius 3 is 3.05 bits per heavy atom. The standard InChI is InChI=1S/C14H21N3O3/c15-16-14(19)12-5-1-2-6-13(12)20-9-8-17-7-3-4-11(17)10-18/h1-2,5-6,11,18H,3-4,7-10,15H2,(H,16,19). The number of ether oxygens (including phenoxy) is 1. The number of nitrogens with two attached hydrogens (primary N) is 1. The molecule has 0 aliphatic carbocycles. The van der Waals surface area contributed by atoms with E-state index in [-0.39, 0.29) is 18.6 Å². The molecule has 1 aromatic carbocycles. The number of aliphatic hydroxyl groups excluding tert-OH is 1. The van der Waals surface area contributed by atoms with Gasteiger partial charge in [-0.2, -0.15) is 0 Å². The number of rotatable bonds is 6. The largest absolute Gasteiger partial charge is 0.491 e. The number of para-hydroxylation sites is 1. The lowest BCUT2D eigenvalue weighted by atomic mass is 10.2. The Hall–Kier alpha value is -1.63. The zero-order chi connectivity index (χ0) is 14.4. The first-order chi connectivity index (χ1) is 9.76. The first-order valence-corrected chi connectivity index (χ1v) is 6.84. The first kappa shape index (κ1) is 14.8. The monoisotopic (exact) mass is 279 g/mol. The van der Waals surface area contributed by atoms with Crippen molar-refractivity contribution >= 4 is 5.91 Å². The van der Waals surface area contributed by atoms with Crippen molar-refractivity contribution in [2.75, 3.05) is 26.3 Å². The van der Waals surface area contributed by atoms with Gasteiger partial charge in [0, 0.05) is 12.6 Å². The Morgan fingerprint density at radius 1 is 1.50 bits per heavy atom. The second-order valence-electron chi connectivity index (χ2n) is 4.83. The fourth-order valence-corrected chi connectivity index (χ4v) is 2.53. The summed E-state index contributed by atoms with van der Waals surface area (Å²) in [4.78, 5) is 13.8. The van der Waals surface area contributed by atoms with E-state index in [4.69, 9.17) is 10.6 Å². The van der Waals surface area contributed by atoms with Crippen molar-refractivity contribution in [2.45, 2.75) is 18.9 Å². The Morgan fingerprint density at radius 2 is 2.30 bits per heavy atom. The molecule has 1 amide bonds. The molecular weight excluding hydrogens is 258 g/mol. The molecule has 2 rings (SSSR count). The van der Waals surface area contributed by atoms with E-state index in [1.54, 1.807) is 18.2 Å². The molecule has 0 bridgehead atoms. The van der Waals surface area contributed by atoms with Gasteiger partial charge in [0.2, 0.25) is 0 Å². The molecule has 1 aliphatic heterocycles. The van der Waals surface area contributed by atoms with Gasteiger partial charge in [0.05, 0.1) is 12.2 Å². The zero-order valence-electron chi connectivity index (χ0n) is 11.4. The van der Waals surface area contributed by atoms with E-state index in [2.05, 4.69) is 10.3 Å². The zero-order valence-corrected chi connectivity index (χ0v) is 11.4. The number of carbonyl (C=O) groups excluding carboxylic acids is 1. The van der Waals surface area contributed by atoms with E-state index in [9.17, 15) is 9.90 Å². The Bertz CT molecular complexity index is 453. The van der Waals surface area contributed by atoms with Gasteiger partial charge < -0.3 is 9.84 Å². The number of amides is 1. The van der Waals surface area contributed by atoms with Crippen LogP contribution in [0.1, 0.15) is 23.2 Å². The lowest BCUT2D eigenvalue weighted by Gasteiger charge is -2.22. The SMILES string of the molecule is NNC(=O)c1ccccc1OCCN1CCCC1CO. The third-order valence-electron chi connectivity index (χ3n) is 3.61. The van der Waals surface area contributed by atoms with Gasteiger partial charge in [-0.15, -0.1) is 0 Å². The molecule has 6 nitrogen and oxygen atoms in total. The molecule has 20 heavy (non-hydrogen) atoms. The maximum absolute atomic E-state index is 11.6. The van der Waals surface area contributed by atoms with Crippen molar-refractivity contribution in [3.63, 3.8) is 0 Å². The van der Waals surface area contributed by atoms with Gasteiger partial charge in [-0.3, -0.25) is 15.1 Å². The molecule has 1 fully saturated rings. The molecule has 1 saturated heterocycles. The van der Waals surface area contributed by atoms with Crippen molar-refractivity contribution < 1.29 is 14.6 Å². The number of benzene rings is 1. The third-order valence-corrected chi connectivity index (χ3v) is 3.61. The second kappa shape index (κ2) is 7.23. The molecule has 110 valence electrons. The number of nitrogens with one attached hydrogen (secondary N) is 1. The van der Waals surface area contributed by atoms with Crippen LogP contribution >= 0.6 is 0 Å². The summed E-state index contributed by atoms with van der Waals surface area (Å²) in [6.45, 7) is 2.39. The molecule has 1 atom stereocenters. The minimum atomic E-state index is -0.366. The summed E-state index contributed by atoms with van der Waals surface area (Å²) in [5, 5.41) is 9.25. The number of hydrogen-bond donors (Lipinski definition) is 3. The van der Waals surface area contributed by atoms with Gasteiger partial charge in [-0.1, -0.05) is 12.1 Å². The van der Waals surface area contributed by atoms with Crippen LogP contribution in [0.15, 0.2) is 24.3 Å². The summed E-state index contributed by atoms with van der Waals surface area (Å²) in [6, 6.07) is 7.23. The summed E-state index contributed by atoms with van der Waals surface area (Å²) in [6.07, 6.45) is 2.14. The molecule has 0 radical (unpaired) electrons. The summed E-state index contributed by atoms with van der Waals surface area (Å²) in [5.74, 6) is 5.30. The fraction of sp³-hybridized carbons (Fsp3) is 0.500. The molecular formula is C14H21N3O3. The van der Waals surface area contributed by atoms with Crippen LogP contribution < -0.4 is 16.0 Å². The first-order valence-electron chi connectivity index (χ1n) is 6.84. The summed E-state index contributed by atoms with van der Waals surface area (Å²) < 4.78 is 5.68. The Labute approximate surface area is 118 Å². The highest BCUT2D eigenvalue weighted by Gasteiger charge is 2.23. The summed E-state index contributed by atoms with van der Waals surface area (Å²) in [5.41, 5.74) is 2.53. The van der Waals surface area contributed by atoms with Gasteiger partial charge in [-0.25, -0.2) is 5.84 Å². The minimum absolute atomic E-state index is 0.187. The average Bonchev–Trinajstić information content (AvgIpc) is 2.94. The molecule has 1 unspecified atom stereocenters. The predicted molar refractivity (Wildman–Crippen MR) is 75.3 cm³/mol. The second-order valence-corrected chi connectivity index (χ2v) is 4.83. The van der Waals surface area contributed by atoms with E-state index in [0.717, 1.165) is 25.9 Å². The minimum Gasteiger partial charge on any atom is -0.491 e. The van der Waals surface area contributed by atoms with E-state index in [1.165, 1.54) is 0 Å². The molecule has 0 spiro atoms. The van der Waals surface area contributed by atoms with Crippen LogP contribution in [0.3, 0.4) is 0 Å². The number of likely N-dealkylation sites (tertiary alicyclic amines) is 1. The van der Waals surface area contributed by atoms with Gasteiger partial charge in [0.15, 0.2) is 0 Å². The molecule has 1 aliphatic rings. The van der Waals surface area contributed by atoms with Crippen molar-refractivity contribution in [3.8, 4) is 5.75 Å². The van der Waals surface area contributed by atoms with Crippen molar-refractivity contribution in [1.29, 1.82) is 0 Å². The van der Waals surface area contributed by atoms with Crippen LogP contribution in [0.4, 0.5) is 0 Å². The maximum Gasteiger partial charge on any atom is 0.268 e. The lowest BCUT2D eigenvalue weighted by molar-refractivity contribution is 0.0947. The van der Waals surface area contributed by atoms with E-state index in [0.29, 0.717) is 17.9 Å². The summed E-state index contributed by atoms with van der Waals surface area (Å²) in [7, 11) is 0. The quantitative estimate of drug-likeness (QED) is 0.391. The lowest BCUT2D eigenvalue weighted by Crippen LogP contribution is -2.35. The van der Waals surface area contributed by atoms with Crippen LogP contribution in [-0.4, -0.2) is 48.3 Å². The number of nitrogen functional groups attached to an aromatic ring is 1. The third kappa shape index (κ3) is 3.47. The predicted octanol–water partition coefficient (Wildman–Crippen LogP) is 0.126. The number of carbonyl (C=O) groups is 1. The fourth-order valence-electron chi connectivity index (χ4n) is 2.53. The van der Waals surface area contributed by atoms with Crippen LogP contribution in [0, 0.1) is 0 Å². The van der Waals surface area contributed by atoms with Crippen LogP contribution in [0.2, 0.25) is 0 Å². The van der Waals surface area contributed by atoms with Gasteiger partial charge in [0.1, 0.15) is 12.4 Å². The molecule has 0 aromatic heterocycles. The summed E-state index contributed by atoms with van der Waals surface area (Å²) >= 11 is 0. The number of aliphatic hydroxyl groups is 1. The van der Waals surface area contributed by atoms with E-state index in [1.807, 2.05) is 6.07 Å². The number of nitrogens with zero attached hydrogens (tertiary/aromatic N) is 1. The smallest absolute Gasteiger partial charge is 0.268 e. The van der Waals surface area contributed by atoms with Crippen molar-refractivity contribution in [3.05, 3.63) is 29.8 Å². The molecule has 4 N–H and O–H groups in total. The van der Waals surface area contributed by atoms with Crippen LogP contribution in [0.25, 0.3) is 0 Å².